The molecule has 0 N–H and O–H groups in total. The topological polar surface area (TPSA) is 51.2 Å². The molecule has 0 unspecified atom stereocenters. The molecule has 0 spiro atoms. The SMILES string of the molecule is O=C(COc1ccc(Br)cc1F)N1CCN(Cc2ccc3c(c2)OCO3)CC1. The van der Waals surface area contributed by atoms with Crippen molar-refractivity contribution in [3.63, 3.8) is 0 Å². The van der Waals surface area contributed by atoms with Gasteiger partial charge in [0.25, 0.3) is 5.91 Å². The van der Waals surface area contributed by atoms with Gasteiger partial charge in [-0.2, -0.15) is 0 Å². The Morgan fingerprint density at radius 1 is 1.07 bits per heavy atom. The van der Waals surface area contributed by atoms with Crippen LogP contribution < -0.4 is 14.2 Å². The summed E-state index contributed by atoms with van der Waals surface area (Å²) in [4.78, 5) is 16.4. The van der Waals surface area contributed by atoms with Crippen LogP contribution in [0.2, 0.25) is 0 Å². The minimum Gasteiger partial charge on any atom is -0.481 e. The van der Waals surface area contributed by atoms with E-state index < -0.39 is 5.82 Å². The second-order valence-corrected chi connectivity index (χ2v) is 7.62. The Balaban J connectivity index is 1.25. The summed E-state index contributed by atoms with van der Waals surface area (Å²) < 4.78 is 30.5. The van der Waals surface area contributed by atoms with Crippen molar-refractivity contribution in [2.45, 2.75) is 6.54 Å². The maximum absolute atomic E-state index is 13.8. The predicted molar refractivity (Wildman–Crippen MR) is 104 cm³/mol. The number of amides is 1. The first-order valence-electron chi connectivity index (χ1n) is 9.05. The highest BCUT2D eigenvalue weighted by atomic mass is 79.9. The van der Waals surface area contributed by atoms with E-state index in [1.54, 1.807) is 11.0 Å². The standard InChI is InChI=1S/C20H20BrFN2O4/c21-15-2-4-17(16(22)10-15)26-12-20(25)24-7-5-23(6-8-24)11-14-1-3-18-19(9-14)28-13-27-18/h1-4,9-10H,5-8,11-13H2. The molecule has 1 saturated heterocycles. The first kappa shape index (κ1) is 19.0. The Morgan fingerprint density at radius 3 is 2.64 bits per heavy atom. The molecule has 148 valence electrons. The van der Waals surface area contributed by atoms with E-state index in [4.69, 9.17) is 14.2 Å². The normalized spacial score (nSPS) is 16.3. The van der Waals surface area contributed by atoms with Crippen LogP contribution in [-0.4, -0.2) is 55.3 Å². The lowest BCUT2D eigenvalue weighted by Crippen LogP contribution is -2.49. The molecule has 2 heterocycles. The molecule has 28 heavy (non-hydrogen) atoms. The fourth-order valence-corrected chi connectivity index (χ4v) is 3.61. The quantitative estimate of drug-likeness (QED) is 0.700. The van der Waals surface area contributed by atoms with Gasteiger partial charge in [-0.1, -0.05) is 22.0 Å². The van der Waals surface area contributed by atoms with Crippen molar-refractivity contribution in [2.75, 3.05) is 39.6 Å². The van der Waals surface area contributed by atoms with E-state index in [2.05, 4.69) is 20.8 Å². The molecule has 1 fully saturated rings. The molecule has 0 atom stereocenters. The maximum atomic E-state index is 13.8. The minimum atomic E-state index is -0.490. The van der Waals surface area contributed by atoms with Gasteiger partial charge in [0.15, 0.2) is 29.7 Å². The van der Waals surface area contributed by atoms with Gasteiger partial charge >= 0.3 is 0 Å². The van der Waals surface area contributed by atoms with Gasteiger partial charge in [0, 0.05) is 37.2 Å². The number of nitrogens with zero attached hydrogens (tertiary/aromatic N) is 2. The number of piperazine rings is 1. The molecule has 0 bridgehead atoms. The maximum Gasteiger partial charge on any atom is 0.260 e. The van der Waals surface area contributed by atoms with E-state index in [0.29, 0.717) is 17.6 Å². The summed E-state index contributed by atoms with van der Waals surface area (Å²) >= 11 is 3.19. The van der Waals surface area contributed by atoms with Gasteiger partial charge in [0.1, 0.15) is 0 Å². The Bertz CT molecular complexity index is 871. The third-order valence-corrected chi connectivity index (χ3v) is 5.31. The monoisotopic (exact) mass is 450 g/mol. The predicted octanol–water partition coefficient (Wildman–Crippen LogP) is 3.04. The summed E-state index contributed by atoms with van der Waals surface area (Å²) in [6.45, 7) is 3.68. The van der Waals surface area contributed by atoms with Crippen LogP contribution in [0.1, 0.15) is 5.56 Å². The van der Waals surface area contributed by atoms with Crippen molar-refractivity contribution in [1.29, 1.82) is 0 Å². The van der Waals surface area contributed by atoms with Crippen LogP contribution in [0.4, 0.5) is 4.39 Å². The summed E-state index contributed by atoms with van der Waals surface area (Å²) in [5.74, 6) is 1.02. The molecule has 8 heteroatoms. The molecule has 2 aromatic rings. The van der Waals surface area contributed by atoms with Crippen molar-refractivity contribution in [2.24, 2.45) is 0 Å². The average Bonchev–Trinajstić information content (AvgIpc) is 3.15. The first-order chi connectivity index (χ1) is 13.6. The number of halogens is 2. The third kappa shape index (κ3) is 4.39. The van der Waals surface area contributed by atoms with Crippen LogP contribution in [-0.2, 0) is 11.3 Å². The van der Waals surface area contributed by atoms with Crippen molar-refractivity contribution in [1.82, 2.24) is 9.80 Å². The zero-order valence-corrected chi connectivity index (χ0v) is 16.8. The molecule has 2 aliphatic rings. The van der Waals surface area contributed by atoms with Gasteiger partial charge in [-0.15, -0.1) is 0 Å². The van der Waals surface area contributed by atoms with Crippen LogP contribution in [0.15, 0.2) is 40.9 Å². The van der Waals surface area contributed by atoms with Crippen molar-refractivity contribution < 1.29 is 23.4 Å². The van der Waals surface area contributed by atoms with E-state index in [-0.39, 0.29) is 25.1 Å². The first-order valence-corrected chi connectivity index (χ1v) is 9.84. The van der Waals surface area contributed by atoms with E-state index in [9.17, 15) is 9.18 Å². The summed E-state index contributed by atoms with van der Waals surface area (Å²) in [5.41, 5.74) is 1.15. The van der Waals surface area contributed by atoms with E-state index in [0.717, 1.165) is 36.7 Å². The number of hydrogen-bond donors (Lipinski definition) is 0. The fraction of sp³-hybridized carbons (Fsp3) is 0.350. The van der Waals surface area contributed by atoms with Gasteiger partial charge < -0.3 is 19.1 Å². The molecular weight excluding hydrogens is 431 g/mol. The largest absolute Gasteiger partial charge is 0.481 e. The summed E-state index contributed by atoms with van der Waals surface area (Å²) in [6.07, 6.45) is 0. The number of ether oxygens (including phenoxy) is 3. The molecular formula is C20H20BrFN2O4. The van der Waals surface area contributed by atoms with Gasteiger partial charge in [-0.3, -0.25) is 9.69 Å². The number of fused-ring (bicyclic) bond motifs is 1. The van der Waals surface area contributed by atoms with Crippen LogP contribution >= 0.6 is 15.9 Å². The molecule has 2 aromatic carbocycles. The molecule has 4 rings (SSSR count). The fourth-order valence-electron chi connectivity index (χ4n) is 3.28. The van der Waals surface area contributed by atoms with Crippen LogP contribution in [0, 0.1) is 5.82 Å². The van der Waals surface area contributed by atoms with Gasteiger partial charge in [0.05, 0.1) is 0 Å². The van der Waals surface area contributed by atoms with Crippen molar-refractivity contribution >= 4 is 21.8 Å². The Hall–Kier alpha value is -2.32. The highest BCUT2D eigenvalue weighted by molar-refractivity contribution is 9.10. The lowest BCUT2D eigenvalue weighted by atomic mass is 10.1. The van der Waals surface area contributed by atoms with Crippen LogP contribution in [0.3, 0.4) is 0 Å². The van der Waals surface area contributed by atoms with Crippen molar-refractivity contribution in [3.8, 4) is 17.2 Å². The molecule has 2 aliphatic heterocycles. The molecule has 0 saturated carbocycles. The Labute approximate surface area is 170 Å². The van der Waals surface area contributed by atoms with E-state index >= 15 is 0 Å². The molecule has 0 aliphatic carbocycles. The Kier molecular flexibility index (Phi) is 5.68. The number of rotatable bonds is 5. The zero-order valence-electron chi connectivity index (χ0n) is 15.2. The van der Waals surface area contributed by atoms with Crippen molar-refractivity contribution in [3.05, 3.63) is 52.3 Å². The van der Waals surface area contributed by atoms with Crippen LogP contribution in [0.5, 0.6) is 17.2 Å². The third-order valence-electron chi connectivity index (χ3n) is 4.81. The number of benzene rings is 2. The average molecular weight is 451 g/mol. The second-order valence-electron chi connectivity index (χ2n) is 6.71. The second kappa shape index (κ2) is 8.36. The van der Waals surface area contributed by atoms with Gasteiger partial charge in [0.2, 0.25) is 6.79 Å². The van der Waals surface area contributed by atoms with Crippen LogP contribution in [0.25, 0.3) is 0 Å². The van der Waals surface area contributed by atoms with E-state index in [1.165, 1.54) is 12.1 Å². The summed E-state index contributed by atoms with van der Waals surface area (Å²) in [5, 5.41) is 0. The Morgan fingerprint density at radius 2 is 1.86 bits per heavy atom. The minimum absolute atomic E-state index is 0.0815. The summed E-state index contributed by atoms with van der Waals surface area (Å²) in [7, 11) is 0. The molecule has 0 aromatic heterocycles. The molecule has 6 nitrogen and oxygen atoms in total. The number of hydrogen-bond acceptors (Lipinski definition) is 5. The molecule has 1 amide bonds. The highest BCUT2D eigenvalue weighted by Crippen LogP contribution is 2.32. The molecule has 0 radical (unpaired) electrons. The highest BCUT2D eigenvalue weighted by Gasteiger charge is 2.22. The number of carbonyl (C=O) groups is 1. The smallest absolute Gasteiger partial charge is 0.260 e. The van der Waals surface area contributed by atoms with E-state index in [1.807, 2.05) is 18.2 Å². The number of carbonyl (C=O) groups excluding carboxylic acids is 1. The van der Waals surface area contributed by atoms with Gasteiger partial charge in [-0.05, 0) is 35.9 Å². The lowest BCUT2D eigenvalue weighted by molar-refractivity contribution is -0.135. The zero-order chi connectivity index (χ0) is 19.5. The summed E-state index contributed by atoms with van der Waals surface area (Å²) in [6, 6.07) is 10.5. The lowest BCUT2D eigenvalue weighted by Gasteiger charge is -2.34. The van der Waals surface area contributed by atoms with Gasteiger partial charge in [-0.25, -0.2) is 4.39 Å².